The molecule has 0 aliphatic rings. The Hall–Kier alpha value is -2.63. The number of anilines is 1. The molecule has 0 aromatic heterocycles. The topological polar surface area (TPSA) is 75.4 Å². The van der Waals surface area contributed by atoms with Crippen LogP contribution in [0.2, 0.25) is 0 Å². The molecular formula is C14H12F2N2O2. The minimum atomic E-state index is -0.875. The van der Waals surface area contributed by atoms with Crippen molar-refractivity contribution in [1.82, 2.24) is 0 Å². The van der Waals surface area contributed by atoms with E-state index in [0.29, 0.717) is 11.3 Å². The van der Waals surface area contributed by atoms with E-state index in [1.165, 1.54) is 18.2 Å². The number of rotatable bonds is 4. The molecule has 0 unspecified atom stereocenters. The highest BCUT2D eigenvalue weighted by atomic mass is 19.1. The average molecular weight is 278 g/mol. The van der Waals surface area contributed by atoms with Gasteiger partial charge in [-0.25, -0.2) is 8.78 Å². The third-order valence-electron chi connectivity index (χ3n) is 2.79. The number of phenols is 1. The molecule has 0 spiro atoms. The van der Waals surface area contributed by atoms with Crippen molar-refractivity contribution in [3.8, 4) is 5.75 Å². The molecule has 0 saturated carbocycles. The fraction of sp³-hybridized carbons (Fsp3) is 0.0714. The van der Waals surface area contributed by atoms with Crippen molar-refractivity contribution < 1.29 is 18.7 Å². The molecule has 0 saturated heterocycles. The Balaban J connectivity index is 2.17. The lowest BCUT2D eigenvalue weighted by Crippen LogP contribution is -2.13. The Bertz CT molecular complexity index is 660. The number of hydrogen-bond donors (Lipinski definition) is 3. The zero-order chi connectivity index (χ0) is 14.7. The molecule has 0 fully saturated rings. The van der Waals surface area contributed by atoms with Crippen LogP contribution in [0.3, 0.4) is 0 Å². The molecule has 0 aliphatic heterocycles. The molecule has 2 aromatic carbocycles. The molecule has 1 amide bonds. The summed E-state index contributed by atoms with van der Waals surface area (Å²) in [5.41, 5.74) is 5.58. The first-order valence-corrected chi connectivity index (χ1v) is 5.78. The molecule has 0 radical (unpaired) electrons. The van der Waals surface area contributed by atoms with Gasteiger partial charge >= 0.3 is 0 Å². The van der Waals surface area contributed by atoms with E-state index in [9.17, 15) is 18.7 Å². The molecule has 2 rings (SSSR count). The highest BCUT2D eigenvalue weighted by Gasteiger charge is 2.10. The van der Waals surface area contributed by atoms with Crippen molar-refractivity contribution in [2.75, 3.05) is 5.32 Å². The Labute approximate surface area is 113 Å². The van der Waals surface area contributed by atoms with E-state index < -0.39 is 23.3 Å². The third kappa shape index (κ3) is 2.85. The van der Waals surface area contributed by atoms with Gasteiger partial charge in [0.05, 0.1) is 5.56 Å². The Kier molecular flexibility index (Phi) is 3.84. The molecule has 0 heterocycles. The van der Waals surface area contributed by atoms with E-state index in [4.69, 9.17) is 5.73 Å². The van der Waals surface area contributed by atoms with Gasteiger partial charge in [-0.3, -0.25) is 4.79 Å². The van der Waals surface area contributed by atoms with Crippen LogP contribution < -0.4 is 11.1 Å². The van der Waals surface area contributed by atoms with Gasteiger partial charge in [0.15, 0.2) is 11.6 Å². The summed E-state index contributed by atoms with van der Waals surface area (Å²) in [6.07, 6.45) is 0. The maximum Gasteiger partial charge on any atom is 0.251 e. The number of carbonyl (C=O) groups is 1. The average Bonchev–Trinajstić information content (AvgIpc) is 2.41. The number of benzene rings is 2. The second kappa shape index (κ2) is 5.56. The van der Waals surface area contributed by atoms with Crippen molar-refractivity contribution in [1.29, 1.82) is 0 Å². The lowest BCUT2D eigenvalue weighted by atomic mass is 10.1. The van der Waals surface area contributed by atoms with Crippen molar-refractivity contribution in [3.63, 3.8) is 0 Å². The van der Waals surface area contributed by atoms with Gasteiger partial charge in [-0.15, -0.1) is 0 Å². The molecular weight excluding hydrogens is 266 g/mol. The second-order valence-electron chi connectivity index (χ2n) is 4.16. The summed E-state index contributed by atoms with van der Waals surface area (Å²) in [4.78, 5) is 11.0. The zero-order valence-electron chi connectivity index (χ0n) is 10.4. The van der Waals surface area contributed by atoms with E-state index >= 15 is 0 Å². The number of carbonyl (C=O) groups excluding carboxylic acids is 1. The Morgan fingerprint density at radius 3 is 2.65 bits per heavy atom. The third-order valence-corrected chi connectivity index (χ3v) is 2.79. The number of halogens is 2. The van der Waals surface area contributed by atoms with Crippen LogP contribution in [0.4, 0.5) is 14.5 Å². The maximum atomic E-state index is 13.3. The van der Waals surface area contributed by atoms with E-state index in [2.05, 4.69) is 5.32 Å². The van der Waals surface area contributed by atoms with Crippen LogP contribution in [0.1, 0.15) is 15.9 Å². The molecule has 6 heteroatoms. The number of nitrogens with one attached hydrogen (secondary N) is 1. The summed E-state index contributed by atoms with van der Waals surface area (Å²) < 4.78 is 26.4. The minimum absolute atomic E-state index is 0.118. The normalized spacial score (nSPS) is 10.3. The van der Waals surface area contributed by atoms with Crippen LogP contribution >= 0.6 is 0 Å². The molecule has 0 bridgehead atoms. The number of para-hydroxylation sites is 1. The van der Waals surface area contributed by atoms with Gasteiger partial charge < -0.3 is 16.2 Å². The summed E-state index contributed by atoms with van der Waals surface area (Å²) in [6, 6.07) is 7.93. The van der Waals surface area contributed by atoms with Crippen molar-refractivity contribution in [2.24, 2.45) is 5.73 Å². The first kappa shape index (κ1) is 13.8. The smallest absolute Gasteiger partial charge is 0.251 e. The summed E-state index contributed by atoms with van der Waals surface area (Å²) >= 11 is 0. The van der Waals surface area contributed by atoms with E-state index in [-0.39, 0.29) is 12.1 Å². The molecule has 4 N–H and O–H groups in total. The number of nitrogens with two attached hydrogens (primary N) is 1. The molecule has 104 valence electrons. The van der Waals surface area contributed by atoms with Crippen LogP contribution in [-0.4, -0.2) is 11.0 Å². The largest absolute Gasteiger partial charge is 0.505 e. The molecule has 20 heavy (non-hydrogen) atoms. The predicted molar refractivity (Wildman–Crippen MR) is 70.3 cm³/mol. The number of primary amides is 1. The number of phenolic OH excluding ortho intramolecular Hbond substituents is 1. The summed E-state index contributed by atoms with van der Waals surface area (Å²) in [5, 5.41) is 12.4. The Morgan fingerprint density at radius 2 is 1.95 bits per heavy atom. The number of aromatic hydroxyl groups is 1. The fourth-order valence-electron chi connectivity index (χ4n) is 1.72. The van der Waals surface area contributed by atoms with Crippen molar-refractivity contribution >= 4 is 11.6 Å². The standard InChI is InChI=1S/C14H12F2N2O2/c15-11-5-4-9(6-10(11)14(17)20)18-7-8-2-1-3-12(16)13(8)19/h1-6,18-19H,7H2,(H2,17,20). The maximum absolute atomic E-state index is 13.3. The number of amides is 1. The molecule has 0 aliphatic carbocycles. The van der Waals surface area contributed by atoms with Gasteiger partial charge in [-0.2, -0.15) is 0 Å². The SMILES string of the molecule is NC(=O)c1cc(NCc2cccc(F)c2O)ccc1F. The lowest BCUT2D eigenvalue weighted by molar-refractivity contribution is 0.0996. The summed E-state index contributed by atoms with van der Waals surface area (Å²) in [5.74, 6) is -2.75. The zero-order valence-corrected chi connectivity index (χ0v) is 10.4. The van der Waals surface area contributed by atoms with Gasteiger partial charge in [0.2, 0.25) is 0 Å². The van der Waals surface area contributed by atoms with Gasteiger partial charge in [-0.05, 0) is 24.3 Å². The second-order valence-corrected chi connectivity index (χ2v) is 4.16. The van der Waals surface area contributed by atoms with E-state index in [1.807, 2.05) is 0 Å². The molecule has 2 aromatic rings. The summed E-state index contributed by atoms with van der Waals surface area (Å²) in [7, 11) is 0. The van der Waals surface area contributed by atoms with Crippen molar-refractivity contribution in [3.05, 3.63) is 59.2 Å². The van der Waals surface area contributed by atoms with Gasteiger partial charge in [0, 0.05) is 17.8 Å². The Morgan fingerprint density at radius 1 is 1.20 bits per heavy atom. The van der Waals surface area contributed by atoms with Gasteiger partial charge in [-0.1, -0.05) is 12.1 Å². The highest BCUT2D eigenvalue weighted by molar-refractivity contribution is 5.94. The van der Waals surface area contributed by atoms with E-state index in [0.717, 1.165) is 12.1 Å². The van der Waals surface area contributed by atoms with Crippen LogP contribution in [0.25, 0.3) is 0 Å². The van der Waals surface area contributed by atoms with Gasteiger partial charge in [0.25, 0.3) is 5.91 Å². The lowest BCUT2D eigenvalue weighted by Gasteiger charge is -2.09. The fourth-order valence-corrected chi connectivity index (χ4v) is 1.72. The van der Waals surface area contributed by atoms with E-state index in [1.54, 1.807) is 6.07 Å². The van der Waals surface area contributed by atoms with Crippen LogP contribution in [0.5, 0.6) is 5.75 Å². The predicted octanol–water partition coefficient (Wildman–Crippen LogP) is 2.38. The van der Waals surface area contributed by atoms with Gasteiger partial charge in [0.1, 0.15) is 5.82 Å². The van der Waals surface area contributed by atoms with Crippen LogP contribution in [0, 0.1) is 11.6 Å². The molecule has 4 nitrogen and oxygen atoms in total. The first-order valence-electron chi connectivity index (χ1n) is 5.78. The quantitative estimate of drug-likeness (QED) is 0.803. The highest BCUT2D eigenvalue weighted by Crippen LogP contribution is 2.22. The number of hydrogen-bond acceptors (Lipinski definition) is 3. The first-order chi connectivity index (χ1) is 9.49. The minimum Gasteiger partial charge on any atom is -0.505 e. The van der Waals surface area contributed by atoms with Crippen LogP contribution in [-0.2, 0) is 6.54 Å². The van der Waals surface area contributed by atoms with Crippen molar-refractivity contribution in [2.45, 2.75) is 6.54 Å². The van der Waals surface area contributed by atoms with Crippen LogP contribution in [0.15, 0.2) is 36.4 Å². The summed E-state index contributed by atoms with van der Waals surface area (Å²) in [6.45, 7) is 0.118. The monoisotopic (exact) mass is 278 g/mol. The molecule has 0 atom stereocenters.